The van der Waals surface area contributed by atoms with Gasteiger partial charge in [0.2, 0.25) is 10.0 Å². The molecule has 2 N–H and O–H groups in total. The number of rotatable bonds is 8. The van der Waals surface area contributed by atoms with Crippen molar-refractivity contribution in [2.45, 2.75) is 38.5 Å². The van der Waals surface area contributed by atoms with Crippen LogP contribution in [0.4, 0.5) is 0 Å². The third-order valence-electron chi connectivity index (χ3n) is 2.86. The van der Waals surface area contributed by atoms with Crippen LogP contribution in [-0.4, -0.2) is 28.2 Å². The summed E-state index contributed by atoms with van der Waals surface area (Å²) < 4.78 is 33.9. The SMILES string of the molecule is CCCCOCCOc1cc(C)c(S(N)(=O)=O)c(C)c1. The molecular weight excluding hydrogens is 278 g/mol. The van der Waals surface area contributed by atoms with E-state index in [1.807, 2.05) is 0 Å². The van der Waals surface area contributed by atoms with Crippen molar-refractivity contribution in [1.82, 2.24) is 0 Å². The molecule has 0 radical (unpaired) electrons. The van der Waals surface area contributed by atoms with Gasteiger partial charge in [0.1, 0.15) is 12.4 Å². The lowest BCUT2D eigenvalue weighted by molar-refractivity contribution is 0.0980. The van der Waals surface area contributed by atoms with E-state index in [4.69, 9.17) is 14.6 Å². The molecule has 5 nitrogen and oxygen atoms in total. The number of benzene rings is 1. The minimum Gasteiger partial charge on any atom is -0.491 e. The first-order valence-electron chi connectivity index (χ1n) is 6.71. The first-order chi connectivity index (χ1) is 9.36. The van der Waals surface area contributed by atoms with Crippen molar-refractivity contribution >= 4 is 10.0 Å². The molecular formula is C14H23NO4S. The molecule has 0 spiro atoms. The molecule has 0 aliphatic carbocycles. The van der Waals surface area contributed by atoms with Gasteiger partial charge in [0.05, 0.1) is 11.5 Å². The van der Waals surface area contributed by atoms with E-state index in [-0.39, 0.29) is 4.90 Å². The standard InChI is InChI=1S/C14H23NO4S/c1-4-5-6-18-7-8-19-13-9-11(2)14(12(3)10-13)20(15,16)17/h9-10H,4-8H2,1-3H3,(H2,15,16,17). The topological polar surface area (TPSA) is 78.6 Å². The van der Waals surface area contributed by atoms with Crippen molar-refractivity contribution in [1.29, 1.82) is 0 Å². The van der Waals surface area contributed by atoms with Crippen LogP contribution in [0.5, 0.6) is 5.75 Å². The smallest absolute Gasteiger partial charge is 0.238 e. The van der Waals surface area contributed by atoms with E-state index in [2.05, 4.69) is 6.92 Å². The van der Waals surface area contributed by atoms with Crippen LogP contribution < -0.4 is 9.88 Å². The molecule has 1 aromatic rings. The van der Waals surface area contributed by atoms with Crippen LogP contribution in [-0.2, 0) is 14.8 Å². The van der Waals surface area contributed by atoms with Crippen LogP contribution in [0.2, 0.25) is 0 Å². The van der Waals surface area contributed by atoms with Crippen LogP contribution in [0.1, 0.15) is 30.9 Å². The number of hydrogen-bond donors (Lipinski definition) is 1. The first-order valence-corrected chi connectivity index (χ1v) is 8.25. The van der Waals surface area contributed by atoms with Crippen LogP contribution >= 0.6 is 0 Å². The molecule has 1 aromatic carbocycles. The Morgan fingerprint density at radius 2 is 1.70 bits per heavy atom. The summed E-state index contributed by atoms with van der Waals surface area (Å²) in [5.41, 5.74) is 1.18. The summed E-state index contributed by atoms with van der Waals surface area (Å²) in [7, 11) is -3.70. The molecule has 0 heterocycles. The number of ether oxygens (including phenoxy) is 2. The monoisotopic (exact) mass is 301 g/mol. The van der Waals surface area contributed by atoms with Gasteiger partial charge in [0, 0.05) is 6.61 Å². The predicted octanol–water partition coefficient (Wildman–Crippen LogP) is 2.15. The Morgan fingerprint density at radius 3 is 2.20 bits per heavy atom. The van der Waals surface area contributed by atoms with Gasteiger partial charge in [-0.1, -0.05) is 13.3 Å². The number of nitrogens with two attached hydrogens (primary N) is 1. The Hall–Kier alpha value is -1.11. The molecule has 0 aromatic heterocycles. The second-order valence-electron chi connectivity index (χ2n) is 4.75. The fourth-order valence-corrected chi connectivity index (χ4v) is 3.02. The van der Waals surface area contributed by atoms with Crippen LogP contribution in [0.15, 0.2) is 17.0 Å². The number of aryl methyl sites for hydroxylation is 2. The first kappa shape index (κ1) is 16.9. The molecule has 0 amide bonds. The minimum atomic E-state index is -3.70. The molecule has 114 valence electrons. The summed E-state index contributed by atoms with van der Waals surface area (Å²) in [4.78, 5) is 0.170. The molecule has 0 saturated heterocycles. The van der Waals surface area contributed by atoms with Crippen molar-refractivity contribution in [3.63, 3.8) is 0 Å². The summed E-state index contributed by atoms with van der Waals surface area (Å²) in [6, 6.07) is 3.36. The van der Waals surface area contributed by atoms with E-state index >= 15 is 0 Å². The van der Waals surface area contributed by atoms with Gasteiger partial charge >= 0.3 is 0 Å². The maximum Gasteiger partial charge on any atom is 0.238 e. The fourth-order valence-electron chi connectivity index (χ4n) is 2.01. The highest BCUT2D eigenvalue weighted by atomic mass is 32.2. The van der Waals surface area contributed by atoms with Gasteiger partial charge in [-0.3, -0.25) is 0 Å². The Balaban J connectivity index is 2.62. The highest BCUT2D eigenvalue weighted by Crippen LogP contribution is 2.24. The van der Waals surface area contributed by atoms with Gasteiger partial charge < -0.3 is 9.47 Å². The van der Waals surface area contributed by atoms with Gasteiger partial charge in [0.25, 0.3) is 0 Å². The van der Waals surface area contributed by atoms with Crippen LogP contribution in [0.3, 0.4) is 0 Å². The molecule has 6 heteroatoms. The van der Waals surface area contributed by atoms with Crippen molar-refractivity contribution in [3.05, 3.63) is 23.3 Å². The Bertz CT molecular complexity index is 517. The van der Waals surface area contributed by atoms with E-state index in [9.17, 15) is 8.42 Å². The zero-order valence-corrected chi connectivity index (χ0v) is 13.1. The second kappa shape index (κ2) is 7.61. The van der Waals surface area contributed by atoms with E-state index in [0.29, 0.717) is 30.1 Å². The van der Waals surface area contributed by atoms with E-state index in [1.54, 1.807) is 26.0 Å². The predicted molar refractivity (Wildman–Crippen MR) is 78.5 cm³/mol. The Labute approximate surface area is 121 Å². The lowest BCUT2D eigenvalue weighted by Gasteiger charge is -2.12. The summed E-state index contributed by atoms with van der Waals surface area (Å²) in [6.07, 6.45) is 2.15. The second-order valence-corrected chi connectivity index (χ2v) is 6.24. The maximum atomic E-state index is 11.5. The molecule has 0 bridgehead atoms. The average molecular weight is 301 g/mol. The van der Waals surface area contributed by atoms with Crippen molar-refractivity contribution in [2.75, 3.05) is 19.8 Å². The Morgan fingerprint density at radius 1 is 1.10 bits per heavy atom. The lowest BCUT2D eigenvalue weighted by atomic mass is 10.1. The molecule has 0 saturated carbocycles. The van der Waals surface area contributed by atoms with Gasteiger partial charge in [-0.05, 0) is 43.5 Å². The third-order valence-corrected chi connectivity index (χ3v) is 4.07. The van der Waals surface area contributed by atoms with Crippen molar-refractivity contribution in [3.8, 4) is 5.75 Å². The van der Waals surface area contributed by atoms with Gasteiger partial charge in [0.15, 0.2) is 0 Å². The van der Waals surface area contributed by atoms with Gasteiger partial charge in [-0.15, -0.1) is 0 Å². The molecule has 0 aliphatic rings. The van der Waals surface area contributed by atoms with Gasteiger partial charge in [-0.2, -0.15) is 0 Å². The third kappa shape index (κ3) is 5.11. The maximum absolute atomic E-state index is 11.5. The zero-order chi connectivity index (χ0) is 15.2. The Kier molecular flexibility index (Phi) is 6.45. The summed E-state index contributed by atoms with van der Waals surface area (Å²) in [5, 5.41) is 5.19. The molecule has 0 fully saturated rings. The molecule has 0 aliphatic heterocycles. The highest BCUT2D eigenvalue weighted by molar-refractivity contribution is 7.89. The number of sulfonamides is 1. The number of hydrogen-bond acceptors (Lipinski definition) is 4. The van der Waals surface area contributed by atoms with Crippen molar-refractivity contribution in [2.24, 2.45) is 5.14 Å². The minimum absolute atomic E-state index is 0.170. The number of unbranched alkanes of at least 4 members (excludes halogenated alkanes) is 1. The molecule has 0 unspecified atom stereocenters. The van der Waals surface area contributed by atoms with Crippen LogP contribution in [0, 0.1) is 13.8 Å². The summed E-state index contributed by atoms with van der Waals surface area (Å²) in [5.74, 6) is 0.631. The highest BCUT2D eigenvalue weighted by Gasteiger charge is 2.16. The quantitative estimate of drug-likeness (QED) is 0.746. The lowest BCUT2D eigenvalue weighted by Crippen LogP contribution is -2.15. The summed E-state index contributed by atoms with van der Waals surface area (Å²) >= 11 is 0. The van der Waals surface area contributed by atoms with E-state index < -0.39 is 10.0 Å². The van der Waals surface area contributed by atoms with E-state index in [1.165, 1.54) is 0 Å². The van der Waals surface area contributed by atoms with Crippen LogP contribution in [0.25, 0.3) is 0 Å². The fraction of sp³-hybridized carbons (Fsp3) is 0.571. The number of primary sulfonamides is 1. The summed E-state index contributed by atoms with van der Waals surface area (Å²) in [6.45, 7) is 7.22. The molecule has 20 heavy (non-hydrogen) atoms. The van der Waals surface area contributed by atoms with E-state index in [0.717, 1.165) is 19.4 Å². The normalized spacial score (nSPS) is 11.6. The largest absolute Gasteiger partial charge is 0.491 e. The zero-order valence-electron chi connectivity index (χ0n) is 12.3. The average Bonchev–Trinajstić information content (AvgIpc) is 2.31. The van der Waals surface area contributed by atoms with Gasteiger partial charge in [-0.25, -0.2) is 13.6 Å². The van der Waals surface area contributed by atoms with Crippen molar-refractivity contribution < 1.29 is 17.9 Å². The molecule has 1 rings (SSSR count). The molecule has 0 atom stereocenters.